The van der Waals surface area contributed by atoms with Crippen molar-refractivity contribution < 1.29 is 13.2 Å². The number of fused-ring (bicyclic) bond motifs is 1. The van der Waals surface area contributed by atoms with E-state index in [2.05, 4.69) is 9.97 Å². The monoisotopic (exact) mass is 336 g/mol. The molecule has 0 saturated carbocycles. The van der Waals surface area contributed by atoms with Gasteiger partial charge in [-0.15, -0.1) is 0 Å². The fraction of sp³-hybridized carbons (Fsp3) is 0.400. The molecule has 7 nitrogen and oxygen atoms in total. The highest BCUT2D eigenvalue weighted by Gasteiger charge is 2.28. The second-order valence-corrected chi connectivity index (χ2v) is 7.79. The number of Topliss-reactive ketones (excluding diaryl/α,β-unsaturated/α-hetero) is 1. The van der Waals surface area contributed by atoms with Crippen LogP contribution >= 0.6 is 0 Å². The molecule has 0 aliphatic carbocycles. The molecule has 0 amide bonds. The van der Waals surface area contributed by atoms with E-state index in [1.165, 1.54) is 22.6 Å². The van der Waals surface area contributed by atoms with Gasteiger partial charge in [-0.2, -0.15) is 0 Å². The van der Waals surface area contributed by atoms with Gasteiger partial charge in [0.1, 0.15) is 10.4 Å². The van der Waals surface area contributed by atoms with E-state index in [4.69, 9.17) is 0 Å². The van der Waals surface area contributed by atoms with E-state index in [1.807, 2.05) is 13.0 Å². The van der Waals surface area contributed by atoms with Gasteiger partial charge >= 0.3 is 0 Å². The predicted molar refractivity (Wildman–Crippen MR) is 88.8 cm³/mol. The average Bonchev–Trinajstić information content (AvgIpc) is 2.80. The number of carbonyl (C=O) groups excluding carboxylic acids is 1. The van der Waals surface area contributed by atoms with Crippen LogP contribution in [0.3, 0.4) is 0 Å². The molecule has 0 aromatic carbocycles. The molecule has 0 unspecified atom stereocenters. The lowest BCUT2D eigenvalue weighted by Gasteiger charge is -2.11. The van der Waals surface area contributed by atoms with Gasteiger partial charge in [0.25, 0.3) is 0 Å². The summed E-state index contributed by atoms with van der Waals surface area (Å²) in [7, 11) is 1.31. The lowest BCUT2D eigenvalue weighted by atomic mass is 10.3. The number of rotatable bonds is 5. The molecule has 0 N–H and O–H groups in total. The molecule has 0 atom stereocenters. The fourth-order valence-corrected chi connectivity index (χ4v) is 3.22. The first kappa shape index (κ1) is 17.1. The number of aromatic nitrogens is 3. The van der Waals surface area contributed by atoms with E-state index in [-0.39, 0.29) is 16.5 Å². The van der Waals surface area contributed by atoms with Crippen molar-refractivity contribution in [3.63, 3.8) is 0 Å². The van der Waals surface area contributed by atoms with E-state index in [9.17, 15) is 13.2 Å². The average molecular weight is 336 g/mol. The molecule has 2 aromatic heterocycles. The summed E-state index contributed by atoms with van der Waals surface area (Å²) in [4.78, 5) is 22.6. The van der Waals surface area contributed by atoms with Gasteiger partial charge in [-0.3, -0.25) is 4.79 Å². The van der Waals surface area contributed by atoms with Gasteiger partial charge in [-0.1, -0.05) is 6.92 Å². The summed E-state index contributed by atoms with van der Waals surface area (Å²) in [6.45, 7) is 3.38. The SMILES string of the molecule is CCS(=O)(=O)C(=CN(C)C)C(=O)c1nc2cc(C)cnc2n1C. The van der Waals surface area contributed by atoms with Crippen LogP contribution in [0.25, 0.3) is 11.2 Å². The maximum Gasteiger partial charge on any atom is 0.241 e. The van der Waals surface area contributed by atoms with Crippen LogP contribution in [-0.2, 0) is 16.9 Å². The maximum atomic E-state index is 12.8. The molecular weight excluding hydrogens is 316 g/mol. The Kier molecular flexibility index (Phi) is 4.56. The normalized spacial score (nSPS) is 12.7. The first-order chi connectivity index (χ1) is 10.7. The van der Waals surface area contributed by atoms with Crippen molar-refractivity contribution in [3.8, 4) is 0 Å². The van der Waals surface area contributed by atoms with E-state index in [0.29, 0.717) is 11.2 Å². The van der Waals surface area contributed by atoms with Crippen LogP contribution in [0.4, 0.5) is 0 Å². The van der Waals surface area contributed by atoms with Gasteiger partial charge in [0.05, 0.1) is 5.75 Å². The highest BCUT2D eigenvalue weighted by atomic mass is 32.2. The van der Waals surface area contributed by atoms with Crippen molar-refractivity contribution in [1.82, 2.24) is 19.4 Å². The Balaban J connectivity index is 2.64. The summed E-state index contributed by atoms with van der Waals surface area (Å²) in [5.41, 5.74) is 2.02. The molecule has 2 rings (SSSR count). The summed E-state index contributed by atoms with van der Waals surface area (Å²) < 4.78 is 26.0. The number of allylic oxidation sites excluding steroid dienone is 1. The number of carbonyl (C=O) groups is 1. The minimum atomic E-state index is -3.67. The third kappa shape index (κ3) is 3.26. The number of ketones is 1. The molecule has 0 aliphatic heterocycles. The fourth-order valence-electron chi connectivity index (χ4n) is 2.16. The Hall–Kier alpha value is -2.22. The Morgan fingerprint density at radius 2 is 2.04 bits per heavy atom. The van der Waals surface area contributed by atoms with Gasteiger partial charge in [-0.25, -0.2) is 18.4 Å². The number of imidazole rings is 1. The lowest BCUT2D eigenvalue weighted by molar-refractivity contribution is 0.102. The minimum Gasteiger partial charge on any atom is -0.382 e. The molecule has 0 radical (unpaired) electrons. The van der Waals surface area contributed by atoms with Crippen LogP contribution in [0.5, 0.6) is 0 Å². The molecule has 2 aromatic rings. The van der Waals surface area contributed by atoms with Gasteiger partial charge in [-0.05, 0) is 18.6 Å². The minimum absolute atomic E-state index is 0.0585. The lowest BCUT2D eigenvalue weighted by Crippen LogP contribution is -2.21. The second kappa shape index (κ2) is 6.11. The molecule has 8 heteroatoms. The summed E-state index contributed by atoms with van der Waals surface area (Å²) >= 11 is 0. The third-order valence-electron chi connectivity index (χ3n) is 3.36. The largest absolute Gasteiger partial charge is 0.382 e. The van der Waals surface area contributed by atoms with Gasteiger partial charge in [0.2, 0.25) is 5.78 Å². The van der Waals surface area contributed by atoms with Crippen LogP contribution < -0.4 is 0 Å². The van der Waals surface area contributed by atoms with Gasteiger partial charge in [0.15, 0.2) is 21.3 Å². The van der Waals surface area contributed by atoms with Crippen molar-refractivity contribution in [1.29, 1.82) is 0 Å². The van der Waals surface area contributed by atoms with Gasteiger partial charge < -0.3 is 9.47 Å². The smallest absolute Gasteiger partial charge is 0.241 e. The van der Waals surface area contributed by atoms with Crippen LogP contribution in [0.1, 0.15) is 23.1 Å². The van der Waals surface area contributed by atoms with Crippen molar-refractivity contribution in [3.05, 3.63) is 34.8 Å². The summed E-state index contributed by atoms with van der Waals surface area (Å²) in [6.07, 6.45) is 3.00. The number of pyridine rings is 1. The van der Waals surface area contributed by atoms with Crippen LogP contribution in [0.15, 0.2) is 23.4 Å². The molecule has 0 aliphatic rings. The first-order valence-electron chi connectivity index (χ1n) is 7.12. The van der Waals surface area contributed by atoms with Crippen molar-refractivity contribution in [2.45, 2.75) is 13.8 Å². The molecule has 124 valence electrons. The van der Waals surface area contributed by atoms with E-state index < -0.39 is 15.6 Å². The van der Waals surface area contributed by atoms with Crippen LogP contribution in [0, 0.1) is 6.92 Å². The Bertz CT molecular complexity index is 895. The number of hydrogen-bond acceptors (Lipinski definition) is 6. The van der Waals surface area contributed by atoms with Crippen LogP contribution in [-0.4, -0.2) is 53.5 Å². The summed E-state index contributed by atoms with van der Waals surface area (Å²) in [6, 6.07) is 1.81. The van der Waals surface area contributed by atoms with E-state index >= 15 is 0 Å². The van der Waals surface area contributed by atoms with E-state index in [0.717, 1.165) is 5.56 Å². The molecule has 0 spiro atoms. The standard InChI is InChI=1S/C15H20N4O3S/c1-6-23(21,22)12(9-18(3)4)13(20)15-17-11-7-10(2)8-16-14(11)19(15)5/h7-9H,6H2,1-5H3. The maximum absolute atomic E-state index is 12.8. The van der Waals surface area contributed by atoms with Crippen LogP contribution in [0.2, 0.25) is 0 Å². The highest BCUT2D eigenvalue weighted by Crippen LogP contribution is 2.19. The zero-order valence-corrected chi connectivity index (χ0v) is 14.7. The quantitative estimate of drug-likeness (QED) is 0.604. The molecule has 0 fully saturated rings. The number of aryl methyl sites for hydroxylation is 2. The number of hydrogen-bond donors (Lipinski definition) is 0. The van der Waals surface area contributed by atoms with E-state index in [1.54, 1.807) is 27.3 Å². The van der Waals surface area contributed by atoms with Crippen molar-refractivity contribution in [2.75, 3.05) is 19.8 Å². The first-order valence-corrected chi connectivity index (χ1v) is 8.77. The highest BCUT2D eigenvalue weighted by molar-refractivity contribution is 7.96. The summed E-state index contributed by atoms with van der Waals surface area (Å²) in [5, 5.41) is 0. The van der Waals surface area contributed by atoms with Crippen molar-refractivity contribution >= 4 is 26.8 Å². The number of sulfone groups is 1. The topological polar surface area (TPSA) is 85.2 Å². The molecule has 0 bridgehead atoms. The molecule has 23 heavy (non-hydrogen) atoms. The zero-order valence-electron chi connectivity index (χ0n) is 13.9. The Morgan fingerprint density at radius 3 is 2.61 bits per heavy atom. The zero-order chi connectivity index (χ0) is 17.4. The second-order valence-electron chi connectivity index (χ2n) is 5.54. The van der Waals surface area contributed by atoms with Gasteiger partial charge in [0, 0.05) is 33.5 Å². The van der Waals surface area contributed by atoms with Crippen molar-refractivity contribution in [2.24, 2.45) is 7.05 Å². The predicted octanol–water partition coefficient (Wildman–Crippen LogP) is 1.30. The molecule has 2 heterocycles. The Morgan fingerprint density at radius 1 is 1.39 bits per heavy atom. The number of nitrogens with zero attached hydrogens (tertiary/aromatic N) is 4. The molecular formula is C15H20N4O3S. The Labute approximate surface area is 135 Å². The third-order valence-corrected chi connectivity index (χ3v) is 5.08. The molecule has 0 saturated heterocycles. The summed E-state index contributed by atoms with van der Waals surface area (Å²) in [5.74, 6) is -0.721.